The van der Waals surface area contributed by atoms with Crippen molar-refractivity contribution in [3.63, 3.8) is 0 Å². The Labute approximate surface area is 179 Å². The monoisotopic (exact) mass is 425 g/mol. The highest BCUT2D eigenvalue weighted by Gasteiger charge is 2.51. The summed E-state index contributed by atoms with van der Waals surface area (Å²) in [6.45, 7) is 0.615. The standard InChI is InChI=1S/C22H23N3O6/c23-20(27)18-12-22(29-10-11-30-22)14-25(18)19(26)13-24-21(28)15-6-8-17(9-7-15)31-16-4-2-1-3-5-16/h1-9,18H,10-14H2,(H2,23,27)(H,24,28). The van der Waals surface area contributed by atoms with Crippen LogP contribution in [0.3, 0.4) is 0 Å². The van der Waals surface area contributed by atoms with Crippen LogP contribution in [0.15, 0.2) is 54.6 Å². The van der Waals surface area contributed by atoms with Crippen molar-refractivity contribution in [3.8, 4) is 11.5 Å². The minimum absolute atomic E-state index is 0.0980. The quantitative estimate of drug-likeness (QED) is 0.714. The number of rotatable bonds is 6. The molecule has 0 aliphatic carbocycles. The summed E-state index contributed by atoms with van der Waals surface area (Å²) in [5.74, 6) is -1.21. The van der Waals surface area contributed by atoms with Crippen LogP contribution in [0, 0.1) is 0 Å². The van der Waals surface area contributed by atoms with Gasteiger partial charge in [0.25, 0.3) is 5.91 Å². The molecule has 9 heteroatoms. The maximum atomic E-state index is 12.7. The number of amides is 3. The van der Waals surface area contributed by atoms with Gasteiger partial charge in [-0.25, -0.2) is 0 Å². The molecule has 2 saturated heterocycles. The molecule has 4 rings (SSSR count). The van der Waals surface area contributed by atoms with E-state index in [1.165, 1.54) is 4.90 Å². The molecule has 3 N–H and O–H groups in total. The third-order valence-electron chi connectivity index (χ3n) is 5.25. The number of primary amides is 1. The summed E-state index contributed by atoms with van der Waals surface area (Å²) in [7, 11) is 0. The lowest BCUT2D eigenvalue weighted by atomic mass is 10.1. The zero-order chi connectivity index (χ0) is 21.8. The molecule has 0 radical (unpaired) electrons. The molecular formula is C22H23N3O6. The third kappa shape index (κ3) is 4.68. The zero-order valence-corrected chi connectivity index (χ0v) is 16.8. The summed E-state index contributed by atoms with van der Waals surface area (Å²) in [4.78, 5) is 38.2. The van der Waals surface area contributed by atoms with Crippen molar-refractivity contribution in [2.24, 2.45) is 5.73 Å². The van der Waals surface area contributed by atoms with Gasteiger partial charge < -0.3 is 30.2 Å². The number of carbonyl (C=O) groups excluding carboxylic acids is 3. The fourth-order valence-corrected chi connectivity index (χ4v) is 3.72. The molecule has 1 spiro atoms. The molecule has 1 atom stereocenters. The topological polar surface area (TPSA) is 120 Å². The van der Waals surface area contributed by atoms with Crippen LogP contribution in [0.25, 0.3) is 0 Å². The Bertz CT molecular complexity index is 957. The van der Waals surface area contributed by atoms with E-state index < -0.39 is 29.6 Å². The van der Waals surface area contributed by atoms with E-state index in [-0.39, 0.29) is 19.5 Å². The highest BCUT2D eigenvalue weighted by molar-refractivity contribution is 5.97. The van der Waals surface area contributed by atoms with E-state index in [0.29, 0.717) is 30.3 Å². The van der Waals surface area contributed by atoms with Gasteiger partial charge in [-0.1, -0.05) is 18.2 Å². The molecule has 0 aromatic heterocycles. The molecule has 31 heavy (non-hydrogen) atoms. The van der Waals surface area contributed by atoms with Gasteiger partial charge in [0.05, 0.1) is 26.3 Å². The van der Waals surface area contributed by atoms with Crippen molar-refractivity contribution in [2.45, 2.75) is 18.2 Å². The van der Waals surface area contributed by atoms with Crippen LogP contribution in [0.5, 0.6) is 11.5 Å². The number of hydrogen-bond acceptors (Lipinski definition) is 6. The molecule has 2 aliphatic rings. The molecule has 3 amide bonds. The summed E-state index contributed by atoms with van der Waals surface area (Å²) in [5.41, 5.74) is 5.83. The van der Waals surface area contributed by atoms with Gasteiger partial charge in [0.1, 0.15) is 17.5 Å². The van der Waals surface area contributed by atoms with Crippen LogP contribution in [0.2, 0.25) is 0 Å². The van der Waals surface area contributed by atoms with E-state index in [9.17, 15) is 14.4 Å². The Kier molecular flexibility index (Phi) is 5.88. The Morgan fingerprint density at radius 1 is 1.03 bits per heavy atom. The van der Waals surface area contributed by atoms with Crippen LogP contribution >= 0.6 is 0 Å². The first-order chi connectivity index (χ1) is 15.0. The fourth-order valence-electron chi connectivity index (χ4n) is 3.72. The second kappa shape index (κ2) is 8.75. The summed E-state index contributed by atoms with van der Waals surface area (Å²) in [6, 6.07) is 15.0. The molecule has 1 unspecified atom stereocenters. The van der Waals surface area contributed by atoms with Crippen LogP contribution < -0.4 is 15.8 Å². The van der Waals surface area contributed by atoms with Crippen LogP contribution in [0.4, 0.5) is 0 Å². The molecular weight excluding hydrogens is 402 g/mol. The fraction of sp³-hybridized carbons (Fsp3) is 0.318. The number of hydrogen-bond donors (Lipinski definition) is 2. The molecule has 2 aliphatic heterocycles. The number of ether oxygens (including phenoxy) is 3. The maximum absolute atomic E-state index is 12.7. The summed E-state index contributed by atoms with van der Waals surface area (Å²) < 4.78 is 16.9. The van der Waals surface area contributed by atoms with Gasteiger partial charge in [0.2, 0.25) is 11.8 Å². The minimum Gasteiger partial charge on any atom is -0.457 e. The predicted octanol–water partition coefficient (Wildman–Crippen LogP) is 1.04. The number of benzene rings is 2. The van der Waals surface area contributed by atoms with Crippen molar-refractivity contribution in [2.75, 3.05) is 26.3 Å². The van der Waals surface area contributed by atoms with E-state index in [2.05, 4.69) is 5.32 Å². The number of para-hydroxylation sites is 1. The van der Waals surface area contributed by atoms with E-state index in [1.54, 1.807) is 24.3 Å². The number of nitrogens with zero attached hydrogens (tertiary/aromatic N) is 1. The first-order valence-electron chi connectivity index (χ1n) is 9.94. The van der Waals surface area contributed by atoms with Crippen LogP contribution in [0.1, 0.15) is 16.8 Å². The summed E-state index contributed by atoms with van der Waals surface area (Å²) >= 11 is 0. The molecule has 0 bridgehead atoms. The first-order valence-corrected chi connectivity index (χ1v) is 9.94. The normalized spacial score (nSPS) is 19.4. The molecule has 2 heterocycles. The van der Waals surface area contributed by atoms with Gasteiger partial charge >= 0.3 is 0 Å². The largest absolute Gasteiger partial charge is 0.457 e. The van der Waals surface area contributed by atoms with Gasteiger partial charge in [-0.2, -0.15) is 0 Å². The van der Waals surface area contributed by atoms with Gasteiger partial charge in [-0.3, -0.25) is 14.4 Å². The smallest absolute Gasteiger partial charge is 0.251 e. The predicted molar refractivity (Wildman–Crippen MR) is 109 cm³/mol. The number of nitrogens with two attached hydrogens (primary N) is 1. The number of likely N-dealkylation sites (tertiary alicyclic amines) is 1. The Morgan fingerprint density at radius 3 is 2.32 bits per heavy atom. The van der Waals surface area contributed by atoms with Crippen molar-refractivity contribution in [3.05, 3.63) is 60.2 Å². The second-order valence-corrected chi connectivity index (χ2v) is 7.37. The molecule has 9 nitrogen and oxygen atoms in total. The molecule has 2 aromatic carbocycles. The van der Waals surface area contributed by atoms with Crippen molar-refractivity contribution < 1.29 is 28.6 Å². The lowest BCUT2D eigenvalue weighted by Gasteiger charge is -2.23. The first kappa shape index (κ1) is 20.8. The van der Waals surface area contributed by atoms with E-state index >= 15 is 0 Å². The molecule has 162 valence electrons. The van der Waals surface area contributed by atoms with Crippen LogP contribution in [-0.4, -0.2) is 60.8 Å². The van der Waals surface area contributed by atoms with E-state index in [0.717, 1.165) is 0 Å². The minimum atomic E-state index is -0.992. The summed E-state index contributed by atoms with van der Waals surface area (Å²) in [5, 5.41) is 2.58. The highest BCUT2D eigenvalue weighted by Crippen LogP contribution is 2.34. The average molecular weight is 425 g/mol. The van der Waals surface area contributed by atoms with Gasteiger partial charge in [0.15, 0.2) is 5.79 Å². The second-order valence-electron chi connectivity index (χ2n) is 7.37. The lowest BCUT2D eigenvalue weighted by Crippen LogP contribution is -2.48. The maximum Gasteiger partial charge on any atom is 0.251 e. The Morgan fingerprint density at radius 2 is 1.68 bits per heavy atom. The van der Waals surface area contributed by atoms with Crippen molar-refractivity contribution in [1.29, 1.82) is 0 Å². The number of nitrogens with one attached hydrogen (secondary N) is 1. The van der Waals surface area contributed by atoms with Crippen molar-refractivity contribution >= 4 is 17.7 Å². The molecule has 2 fully saturated rings. The van der Waals surface area contributed by atoms with Crippen molar-refractivity contribution in [1.82, 2.24) is 10.2 Å². The van der Waals surface area contributed by atoms with Crippen LogP contribution in [-0.2, 0) is 19.1 Å². The van der Waals surface area contributed by atoms with Gasteiger partial charge in [-0.05, 0) is 36.4 Å². The van der Waals surface area contributed by atoms with E-state index in [4.69, 9.17) is 19.9 Å². The Balaban J connectivity index is 1.33. The third-order valence-corrected chi connectivity index (χ3v) is 5.25. The van der Waals surface area contributed by atoms with E-state index in [1.807, 2.05) is 30.3 Å². The zero-order valence-electron chi connectivity index (χ0n) is 16.8. The SMILES string of the molecule is NC(=O)C1CC2(CN1C(=O)CNC(=O)c1ccc(Oc3ccccc3)cc1)OCCO2. The van der Waals surface area contributed by atoms with Gasteiger partial charge in [0, 0.05) is 12.0 Å². The van der Waals surface area contributed by atoms with Gasteiger partial charge in [-0.15, -0.1) is 0 Å². The highest BCUT2D eigenvalue weighted by atomic mass is 16.7. The molecule has 2 aromatic rings. The average Bonchev–Trinajstić information content (AvgIpc) is 3.40. The Hall–Kier alpha value is -3.43. The number of carbonyl (C=O) groups is 3. The summed E-state index contributed by atoms with van der Waals surface area (Å²) in [6.07, 6.45) is 0.185. The molecule has 0 saturated carbocycles. The lowest BCUT2D eigenvalue weighted by molar-refractivity contribution is -0.152.